The zero-order chi connectivity index (χ0) is 14.3. The molecule has 106 valence electrons. The molecule has 3 unspecified atom stereocenters. The molecule has 0 aliphatic carbocycles. The van der Waals surface area contributed by atoms with Gasteiger partial charge in [-0.2, -0.15) is 0 Å². The molecule has 0 radical (unpaired) electrons. The predicted molar refractivity (Wildman–Crippen MR) is 72.6 cm³/mol. The van der Waals surface area contributed by atoms with Crippen LogP contribution in [-0.4, -0.2) is 35.2 Å². The van der Waals surface area contributed by atoms with Crippen LogP contribution in [0, 0.1) is 0 Å². The van der Waals surface area contributed by atoms with E-state index in [1.54, 1.807) is 6.07 Å². The molecular weight excluding hydrogens is 258 g/mol. The maximum absolute atomic E-state index is 12.6. The van der Waals surface area contributed by atoms with Gasteiger partial charge in [0, 0.05) is 12.1 Å². The van der Waals surface area contributed by atoms with E-state index in [0.29, 0.717) is 18.5 Å². The smallest absolute Gasteiger partial charge is 0.327 e. The Hall–Kier alpha value is -1.88. The van der Waals surface area contributed by atoms with Crippen LogP contribution in [-0.2, 0) is 20.7 Å². The minimum atomic E-state index is -0.972. The molecule has 1 amide bonds. The molecule has 0 bridgehead atoms. The first kappa shape index (κ1) is 13.1. The summed E-state index contributed by atoms with van der Waals surface area (Å²) in [6.07, 6.45) is 1.40. The van der Waals surface area contributed by atoms with Crippen molar-refractivity contribution < 1.29 is 19.4 Å². The maximum Gasteiger partial charge on any atom is 0.327 e. The lowest BCUT2D eigenvalue weighted by Gasteiger charge is -2.25. The summed E-state index contributed by atoms with van der Waals surface area (Å²) in [7, 11) is 0. The second-order valence-corrected chi connectivity index (χ2v) is 5.41. The van der Waals surface area contributed by atoms with Gasteiger partial charge in [0.05, 0.1) is 6.10 Å². The van der Waals surface area contributed by atoms with E-state index in [0.717, 1.165) is 12.0 Å². The van der Waals surface area contributed by atoms with Crippen molar-refractivity contribution in [1.29, 1.82) is 0 Å². The molecule has 3 atom stereocenters. The molecule has 1 N–H and O–H groups in total. The lowest BCUT2D eigenvalue weighted by molar-refractivity contribution is -0.141. The fourth-order valence-electron chi connectivity index (χ4n) is 3.00. The third-order valence-electron chi connectivity index (χ3n) is 4.01. The Morgan fingerprint density at radius 2 is 2.05 bits per heavy atom. The molecule has 0 spiro atoms. The first-order valence-electron chi connectivity index (χ1n) is 6.87. The van der Waals surface area contributed by atoms with E-state index < -0.39 is 18.1 Å². The number of anilines is 1. The lowest BCUT2D eigenvalue weighted by Crippen LogP contribution is -2.47. The third kappa shape index (κ3) is 2.08. The van der Waals surface area contributed by atoms with Gasteiger partial charge in [0.2, 0.25) is 0 Å². The molecule has 1 aromatic carbocycles. The van der Waals surface area contributed by atoms with Crippen LogP contribution in [0.25, 0.3) is 0 Å². The molecular formula is C15H17NO4. The zero-order valence-electron chi connectivity index (χ0n) is 11.3. The van der Waals surface area contributed by atoms with Crippen LogP contribution in [0.1, 0.15) is 25.3 Å². The highest BCUT2D eigenvalue weighted by atomic mass is 16.5. The van der Waals surface area contributed by atoms with Gasteiger partial charge in [-0.1, -0.05) is 18.2 Å². The van der Waals surface area contributed by atoms with Crippen LogP contribution in [0.15, 0.2) is 24.3 Å². The van der Waals surface area contributed by atoms with Gasteiger partial charge < -0.3 is 9.84 Å². The van der Waals surface area contributed by atoms with E-state index in [4.69, 9.17) is 4.74 Å². The number of nitrogens with zero attached hydrogens (tertiary/aromatic N) is 1. The summed E-state index contributed by atoms with van der Waals surface area (Å²) in [6, 6.07) is 6.53. The average molecular weight is 275 g/mol. The van der Waals surface area contributed by atoms with Crippen molar-refractivity contribution in [3.63, 3.8) is 0 Å². The number of para-hydroxylation sites is 1. The number of benzene rings is 1. The summed E-state index contributed by atoms with van der Waals surface area (Å²) in [6.45, 7) is 1.93. The molecule has 1 fully saturated rings. The Bertz CT molecular complexity index is 557. The summed E-state index contributed by atoms with van der Waals surface area (Å²) in [5.41, 5.74) is 1.60. The van der Waals surface area contributed by atoms with Gasteiger partial charge in [0.15, 0.2) is 0 Å². The van der Waals surface area contributed by atoms with Crippen molar-refractivity contribution >= 4 is 17.6 Å². The Labute approximate surface area is 117 Å². The summed E-state index contributed by atoms with van der Waals surface area (Å²) in [5, 5.41) is 9.36. The van der Waals surface area contributed by atoms with E-state index in [-0.39, 0.29) is 12.0 Å². The Morgan fingerprint density at radius 3 is 2.70 bits per heavy atom. The SMILES string of the molecule is CC1CCC(C(=O)N2c3ccccc3CC2C(=O)O)O1. The maximum atomic E-state index is 12.6. The monoisotopic (exact) mass is 275 g/mol. The molecule has 0 aromatic heterocycles. The number of hydrogen-bond donors (Lipinski definition) is 1. The normalized spacial score (nSPS) is 28.4. The van der Waals surface area contributed by atoms with E-state index >= 15 is 0 Å². The molecule has 1 aromatic rings. The highest BCUT2D eigenvalue weighted by Crippen LogP contribution is 2.34. The fourth-order valence-corrected chi connectivity index (χ4v) is 3.00. The largest absolute Gasteiger partial charge is 0.480 e. The number of hydrogen-bond acceptors (Lipinski definition) is 3. The van der Waals surface area contributed by atoms with E-state index in [2.05, 4.69) is 0 Å². The Kier molecular flexibility index (Phi) is 3.22. The second kappa shape index (κ2) is 4.90. The molecule has 5 nitrogen and oxygen atoms in total. The van der Waals surface area contributed by atoms with E-state index in [1.165, 1.54) is 4.90 Å². The minimum Gasteiger partial charge on any atom is -0.480 e. The number of aliphatic carboxylic acids is 1. The molecule has 2 aliphatic rings. The van der Waals surface area contributed by atoms with Gasteiger partial charge in [0.1, 0.15) is 12.1 Å². The quantitative estimate of drug-likeness (QED) is 0.890. The first-order chi connectivity index (χ1) is 9.58. The van der Waals surface area contributed by atoms with Gasteiger partial charge in [-0.25, -0.2) is 4.79 Å². The average Bonchev–Trinajstić information content (AvgIpc) is 3.01. The van der Waals surface area contributed by atoms with Crippen LogP contribution in [0.3, 0.4) is 0 Å². The van der Waals surface area contributed by atoms with Crippen molar-refractivity contribution in [2.45, 2.75) is 44.4 Å². The van der Waals surface area contributed by atoms with Crippen LogP contribution >= 0.6 is 0 Å². The second-order valence-electron chi connectivity index (χ2n) is 5.41. The van der Waals surface area contributed by atoms with Crippen LogP contribution < -0.4 is 4.90 Å². The summed E-state index contributed by atoms with van der Waals surface area (Å²) in [4.78, 5) is 25.4. The standard InChI is InChI=1S/C15H17NO4/c1-9-6-7-13(20-9)14(17)16-11-5-3-2-4-10(11)8-12(16)15(18)19/h2-5,9,12-13H,6-8H2,1H3,(H,18,19). The number of carbonyl (C=O) groups excluding carboxylic acids is 1. The minimum absolute atomic E-state index is 0.0603. The van der Waals surface area contributed by atoms with Gasteiger partial charge in [-0.3, -0.25) is 9.69 Å². The van der Waals surface area contributed by atoms with E-state index in [9.17, 15) is 14.7 Å². The fraction of sp³-hybridized carbons (Fsp3) is 0.467. The summed E-state index contributed by atoms with van der Waals surface area (Å²) >= 11 is 0. The molecule has 1 saturated heterocycles. The number of fused-ring (bicyclic) bond motifs is 1. The first-order valence-corrected chi connectivity index (χ1v) is 6.87. The summed E-state index contributed by atoms with van der Waals surface area (Å²) < 4.78 is 5.59. The van der Waals surface area contributed by atoms with Crippen molar-refractivity contribution in [2.24, 2.45) is 0 Å². The highest BCUT2D eigenvalue weighted by Gasteiger charge is 2.42. The number of ether oxygens (including phenoxy) is 1. The van der Waals surface area contributed by atoms with Gasteiger partial charge in [0.25, 0.3) is 5.91 Å². The van der Waals surface area contributed by atoms with E-state index in [1.807, 2.05) is 25.1 Å². The van der Waals surface area contributed by atoms with Crippen LogP contribution in [0.2, 0.25) is 0 Å². The molecule has 3 rings (SSSR count). The Balaban J connectivity index is 1.92. The zero-order valence-corrected chi connectivity index (χ0v) is 11.3. The van der Waals surface area contributed by atoms with Crippen LogP contribution in [0.4, 0.5) is 5.69 Å². The number of carboxylic acids is 1. The molecule has 5 heteroatoms. The molecule has 2 aliphatic heterocycles. The summed E-state index contributed by atoms with van der Waals surface area (Å²) in [5.74, 6) is -1.20. The number of amides is 1. The van der Waals surface area contributed by atoms with Gasteiger partial charge in [-0.05, 0) is 31.4 Å². The third-order valence-corrected chi connectivity index (χ3v) is 4.01. The number of carboxylic acid groups (broad SMARTS) is 1. The topological polar surface area (TPSA) is 66.8 Å². The predicted octanol–water partition coefficient (Wildman–Crippen LogP) is 1.60. The Morgan fingerprint density at radius 1 is 1.30 bits per heavy atom. The van der Waals surface area contributed by atoms with Gasteiger partial charge >= 0.3 is 5.97 Å². The van der Waals surface area contributed by atoms with Crippen molar-refractivity contribution in [3.8, 4) is 0 Å². The van der Waals surface area contributed by atoms with Crippen molar-refractivity contribution in [2.75, 3.05) is 4.90 Å². The number of rotatable bonds is 2. The lowest BCUT2D eigenvalue weighted by atomic mass is 10.1. The molecule has 0 saturated carbocycles. The highest BCUT2D eigenvalue weighted by molar-refractivity contribution is 6.04. The number of carbonyl (C=O) groups is 2. The van der Waals surface area contributed by atoms with Crippen molar-refractivity contribution in [3.05, 3.63) is 29.8 Å². The van der Waals surface area contributed by atoms with Crippen molar-refractivity contribution in [1.82, 2.24) is 0 Å². The van der Waals surface area contributed by atoms with Crippen LogP contribution in [0.5, 0.6) is 0 Å². The van der Waals surface area contributed by atoms with Gasteiger partial charge in [-0.15, -0.1) is 0 Å². The molecule has 20 heavy (non-hydrogen) atoms. The molecule has 2 heterocycles.